The monoisotopic (exact) mass is 1760 g/mol. The lowest BCUT2D eigenvalue weighted by Crippen LogP contribution is -2.64. The molecule has 0 unspecified atom stereocenters. The number of carboxylic acid groups (broad SMARTS) is 1. The number of carbonyl (C=O) groups excluding carboxylic acids is 7. The van der Waals surface area contributed by atoms with Crippen LogP contribution in [0.5, 0.6) is 40.2 Å². The van der Waals surface area contributed by atoms with Gasteiger partial charge in [-0.2, -0.15) is 0 Å². The van der Waals surface area contributed by atoms with Crippen molar-refractivity contribution in [3.05, 3.63) is 152 Å². The van der Waals surface area contributed by atoms with Crippen LogP contribution in [0.1, 0.15) is 148 Å². The second-order valence-corrected chi connectivity index (χ2v) is 33.9. The molecular weight excluding hydrogens is 1660 g/mol. The number of hydrogen-bond donors (Lipinski definition) is 21. The van der Waals surface area contributed by atoms with E-state index in [1.807, 2.05) is 20.8 Å². The van der Waals surface area contributed by atoms with Crippen molar-refractivity contribution >= 4 is 80.5 Å². The molecule has 658 valence electrons. The summed E-state index contributed by atoms with van der Waals surface area (Å²) in [7, 11) is -2.68. The third-order valence-corrected chi connectivity index (χ3v) is 23.9. The normalized spacial score (nSPS) is 27.2. The van der Waals surface area contributed by atoms with Gasteiger partial charge in [0.05, 0.1) is 52.8 Å². The number of phenols is 1. The van der Waals surface area contributed by atoms with Crippen LogP contribution < -0.4 is 77.7 Å². The summed E-state index contributed by atoms with van der Waals surface area (Å²) in [6, 6.07) is 4.13. The predicted molar refractivity (Wildman–Crippen MR) is 430 cm³/mol. The minimum Gasteiger partial charge on any atom is -0.508 e. The summed E-state index contributed by atoms with van der Waals surface area (Å²) in [5.74, 6) is -17.6. The number of aliphatic hydroxyl groups excluding tert-OH is 6. The molecule has 0 radical (unpaired) electrons. The maximum atomic E-state index is 16.4. The maximum absolute atomic E-state index is 16.4. The van der Waals surface area contributed by atoms with E-state index in [-0.39, 0.29) is 80.9 Å². The predicted octanol–water partition coefficient (Wildman–Crippen LogP) is 0.831. The van der Waals surface area contributed by atoms with E-state index < -0.39 is 248 Å². The summed E-state index contributed by atoms with van der Waals surface area (Å²) < 4.78 is 73.8. The molecule has 2 saturated heterocycles. The first-order valence-corrected chi connectivity index (χ1v) is 41.5. The standard InChI is InChI=1S/C81H97Cl2N11O27S/c1-7-8-9-22-115-40-13-15-41(16-14-40)122(113,114)88-21-20-87-32-44-50(96)29-43-58-42-24-36(10-17-45(42)81(111,112)59(44)58)60-74(105)94-64(77(108)92-62(43)78(109)110)66(99)38-12-19-52(47(83)26-38)118-54-28-39-27-53(69(54)121-79-70(68(101)67(100)55(33-95)119-79)120-57-31-80(5,85)71(102)35(4)116-57)117-51-18-11-37(25-46(51)82)65(98)63(93-72(103)48(86-6)23-34(2)3)76(107)89-49(30-56(84)97)73(104)90-61(39)75(106)91-60/h10-19,24-29,34-35,48-49,55,57,60-68,70-71,79,86-88,95-96,98-102,111-112H,7-9,20-23,30-33,85H2,1-6H3,(H2,84,97)(H,89,107)(H,90,104)(H,91,106)(H,92,108)(H,93,103)(H,94,105)(H,109,110)/t35-,48+,49-,55+,57-,60+,61+,62-,63+,64-,65+,66+,67+,68-,70+,71+,79-,80-/m0/s1. The first-order chi connectivity index (χ1) is 57.7. The molecule has 7 heterocycles. The summed E-state index contributed by atoms with van der Waals surface area (Å²) in [6.07, 6.45) is -16.2. The Labute approximate surface area is 708 Å². The zero-order chi connectivity index (χ0) is 88.5. The molecule has 0 spiro atoms. The summed E-state index contributed by atoms with van der Waals surface area (Å²) >= 11 is 14.3. The number of aliphatic carboxylic acids is 1. The molecule has 6 aromatic carbocycles. The zero-order valence-electron chi connectivity index (χ0n) is 66.6. The molecule has 18 atom stereocenters. The van der Waals surface area contributed by atoms with Gasteiger partial charge in [-0.25, -0.2) is 17.9 Å². The average Bonchev–Trinajstić information content (AvgIpc) is 1.54. The lowest BCUT2D eigenvalue weighted by Gasteiger charge is -2.47. The molecule has 23 N–H and O–H groups in total. The van der Waals surface area contributed by atoms with Gasteiger partial charge < -0.3 is 138 Å². The number of benzene rings is 6. The van der Waals surface area contributed by atoms with Gasteiger partial charge in [-0.05, 0) is 151 Å². The molecule has 6 aromatic rings. The van der Waals surface area contributed by atoms with Gasteiger partial charge in [0.2, 0.25) is 69.2 Å². The van der Waals surface area contributed by atoms with Crippen molar-refractivity contribution in [2.45, 2.75) is 200 Å². The van der Waals surface area contributed by atoms with Crippen molar-refractivity contribution in [1.82, 2.24) is 47.3 Å². The Hall–Kier alpha value is -9.99. The van der Waals surface area contributed by atoms with Gasteiger partial charge in [0.25, 0.3) is 0 Å². The van der Waals surface area contributed by atoms with Crippen LogP contribution in [-0.2, 0) is 74.9 Å². The Morgan fingerprint density at radius 1 is 0.738 bits per heavy atom. The number of aromatic hydroxyl groups is 1. The summed E-state index contributed by atoms with van der Waals surface area (Å²) in [6.45, 7) is 7.08. The topological polar surface area (TPSA) is 598 Å². The van der Waals surface area contributed by atoms with Gasteiger partial charge in [0, 0.05) is 48.3 Å². The first kappa shape index (κ1) is 91.2. The van der Waals surface area contributed by atoms with E-state index in [9.17, 15) is 73.9 Å². The van der Waals surface area contributed by atoms with E-state index in [2.05, 4.69) is 47.3 Å². The highest BCUT2D eigenvalue weighted by atomic mass is 35.5. The fourth-order valence-corrected chi connectivity index (χ4v) is 16.9. The number of carboxylic acids is 1. The number of fused-ring (bicyclic) bond motifs is 12. The number of aliphatic hydroxyl groups is 8. The Morgan fingerprint density at radius 3 is 1.98 bits per heavy atom. The van der Waals surface area contributed by atoms with E-state index in [1.54, 1.807) is 0 Å². The molecule has 1 aliphatic carbocycles. The summed E-state index contributed by atoms with van der Waals surface area (Å²) in [5, 5.41) is 138. The van der Waals surface area contributed by atoms with Crippen LogP contribution in [0.2, 0.25) is 10.0 Å². The van der Waals surface area contributed by atoms with Gasteiger partial charge in [-0.15, -0.1) is 0 Å². The Kier molecular flexibility index (Phi) is 28.1. The first-order valence-electron chi connectivity index (χ1n) is 39.2. The number of likely N-dealkylation sites (N-methyl/N-ethyl adjacent to an activating group) is 1. The molecule has 8 aliphatic rings. The van der Waals surface area contributed by atoms with Crippen molar-refractivity contribution in [2.24, 2.45) is 17.4 Å². The van der Waals surface area contributed by atoms with E-state index in [0.29, 0.717) is 12.4 Å². The number of primary amides is 1. The van der Waals surface area contributed by atoms with Crippen LogP contribution in [0, 0.1) is 5.92 Å². The third-order valence-electron chi connectivity index (χ3n) is 21.9. The maximum Gasteiger partial charge on any atom is 0.330 e. The van der Waals surface area contributed by atoms with E-state index in [1.165, 1.54) is 57.3 Å². The fraction of sp³-hybridized carbons (Fsp3) is 0.457. The van der Waals surface area contributed by atoms with Crippen LogP contribution >= 0.6 is 23.2 Å². The quantitative estimate of drug-likeness (QED) is 0.0279. The van der Waals surface area contributed by atoms with Crippen molar-refractivity contribution in [3.8, 4) is 51.4 Å². The number of rotatable bonds is 25. The number of phenolic OH excluding ortho intramolecular Hbond substituents is 1. The Morgan fingerprint density at radius 2 is 1.37 bits per heavy atom. The minimum absolute atomic E-state index is 0.0997. The van der Waals surface area contributed by atoms with Crippen LogP contribution in [0.4, 0.5) is 0 Å². The van der Waals surface area contributed by atoms with E-state index >= 15 is 24.0 Å². The second kappa shape index (κ2) is 37.6. The highest BCUT2D eigenvalue weighted by Gasteiger charge is 2.53. The largest absolute Gasteiger partial charge is 0.508 e. The third kappa shape index (κ3) is 19.5. The molecule has 7 amide bonds. The van der Waals surface area contributed by atoms with Gasteiger partial charge >= 0.3 is 5.97 Å². The summed E-state index contributed by atoms with van der Waals surface area (Å²) in [4.78, 5) is 120. The molecule has 0 saturated carbocycles. The number of hydrogen-bond acceptors (Lipinski definition) is 29. The number of carbonyl (C=O) groups is 8. The SMILES string of the molecule is CCCCCOc1ccc(S(=O)(=O)NCCNCc2c(O)cc3c4c2C(O)(O)c2ccc(cc2-4)[C@H]2NC(=O)[C@@H]4NC(=O)[C@H](CC(N)=O)NC(=O)[C@H](NC(=O)[C@@H](CC(C)C)NC)[C@H](O)c5ccc(c(Cl)c5)Oc5cc4cc(c5O[C@@H]4O[C@H](CO)[C@@H](O)[C@H](O)[C@H]4O[C@H]4C[C@](C)(N)[C@H](O)[C@H](C)O4)Oc4ccc(cc4Cl)[C@@H](O)[C@H](NC2=O)C(=O)N[C@@H]3C(=O)O)cc1. The van der Waals surface area contributed by atoms with Crippen molar-refractivity contribution in [1.29, 1.82) is 0 Å². The van der Waals surface area contributed by atoms with Crippen molar-refractivity contribution < 1.29 is 131 Å². The molecule has 0 aromatic heterocycles. The Balaban J connectivity index is 1.03. The minimum atomic E-state index is -4.15. The van der Waals surface area contributed by atoms with E-state index in [4.69, 9.17) is 67.8 Å². The molecule has 122 heavy (non-hydrogen) atoms. The molecule has 11 bridgehead atoms. The van der Waals surface area contributed by atoms with Crippen molar-refractivity contribution in [2.75, 3.05) is 33.4 Å². The number of sulfonamides is 1. The van der Waals surface area contributed by atoms with Crippen LogP contribution in [0.3, 0.4) is 0 Å². The smallest absolute Gasteiger partial charge is 0.330 e. The molecule has 41 heteroatoms. The van der Waals surface area contributed by atoms with E-state index in [0.717, 1.165) is 79.9 Å². The van der Waals surface area contributed by atoms with Gasteiger partial charge in [0.15, 0.2) is 29.9 Å². The fourth-order valence-electron chi connectivity index (χ4n) is 15.4. The molecule has 14 rings (SSSR count). The zero-order valence-corrected chi connectivity index (χ0v) is 69.0. The lowest BCUT2D eigenvalue weighted by molar-refractivity contribution is -0.333. The van der Waals surface area contributed by atoms with Crippen LogP contribution in [0.25, 0.3) is 11.1 Å². The van der Waals surface area contributed by atoms with Gasteiger partial charge in [-0.3, -0.25) is 33.6 Å². The van der Waals surface area contributed by atoms with Crippen LogP contribution in [0.15, 0.2) is 102 Å². The molecular formula is C81H97Cl2N11O27S. The second-order valence-electron chi connectivity index (χ2n) is 31.3. The highest BCUT2D eigenvalue weighted by Crippen LogP contribution is 2.54. The van der Waals surface area contributed by atoms with Gasteiger partial charge in [0.1, 0.15) is 83.7 Å². The number of halogens is 2. The van der Waals surface area contributed by atoms with Crippen molar-refractivity contribution in [3.63, 3.8) is 0 Å². The molecule has 7 aliphatic heterocycles. The number of unbranched alkanes of at least 4 members (excludes halogenated alkanes) is 2. The number of ether oxygens (including phenoxy) is 7. The Bertz CT molecular complexity index is 5110. The molecule has 2 fully saturated rings. The number of nitrogens with one attached hydrogen (secondary N) is 9. The van der Waals surface area contributed by atoms with Gasteiger partial charge in [-0.1, -0.05) is 81.1 Å². The number of amides is 7. The summed E-state index contributed by atoms with van der Waals surface area (Å²) in [5.41, 5.74) is 7.00. The van der Waals surface area contributed by atoms with Crippen LogP contribution in [-0.4, -0.2) is 219 Å². The molecule has 38 nitrogen and oxygen atoms in total. The lowest BCUT2D eigenvalue weighted by atomic mass is 9.86. The average molecular weight is 1760 g/mol. The highest BCUT2D eigenvalue weighted by molar-refractivity contribution is 7.89. The number of nitrogens with two attached hydrogens (primary N) is 2.